The van der Waals surface area contributed by atoms with Gasteiger partial charge < -0.3 is 4.74 Å². The van der Waals surface area contributed by atoms with E-state index in [0.29, 0.717) is 35.2 Å². The molecule has 1 aliphatic heterocycles. The van der Waals surface area contributed by atoms with Gasteiger partial charge in [0, 0.05) is 25.8 Å². The SMILES string of the molecule is CCCCCN(C(=O)CCC(=O)N1CCC(c2ccccc2)=N1)c1nc(C)c(C(=O)OCC)s1. The molecule has 1 aliphatic rings. The highest BCUT2D eigenvalue weighted by Gasteiger charge is 2.26. The summed E-state index contributed by atoms with van der Waals surface area (Å²) in [5.74, 6) is -0.781. The Kier molecular flexibility index (Phi) is 9.33. The Hall–Kier alpha value is -3.07. The van der Waals surface area contributed by atoms with Gasteiger partial charge in [0.15, 0.2) is 5.13 Å². The van der Waals surface area contributed by atoms with Crippen molar-refractivity contribution in [1.82, 2.24) is 9.99 Å². The van der Waals surface area contributed by atoms with Crippen molar-refractivity contribution in [2.75, 3.05) is 24.6 Å². The lowest BCUT2D eigenvalue weighted by atomic mass is 10.1. The second kappa shape index (κ2) is 12.4. The van der Waals surface area contributed by atoms with Gasteiger partial charge in [0.2, 0.25) is 11.8 Å². The zero-order valence-electron chi connectivity index (χ0n) is 20.1. The third-order valence-electron chi connectivity index (χ3n) is 5.51. The summed E-state index contributed by atoms with van der Waals surface area (Å²) < 4.78 is 5.10. The summed E-state index contributed by atoms with van der Waals surface area (Å²) in [6, 6.07) is 9.79. The summed E-state index contributed by atoms with van der Waals surface area (Å²) in [5.41, 5.74) is 2.43. The molecule has 1 aromatic carbocycles. The second-order valence-corrected chi connectivity index (χ2v) is 9.04. The fourth-order valence-electron chi connectivity index (χ4n) is 3.68. The summed E-state index contributed by atoms with van der Waals surface area (Å²) >= 11 is 1.16. The van der Waals surface area contributed by atoms with Crippen molar-refractivity contribution in [2.45, 2.75) is 59.3 Å². The number of benzene rings is 1. The van der Waals surface area contributed by atoms with Crippen LogP contribution in [-0.2, 0) is 14.3 Å². The molecule has 1 aromatic heterocycles. The Balaban J connectivity index is 1.65. The lowest BCUT2D eigenvalue weighted by molar-refractivity contribution is -0.132. The first-order valence-electron chi connectivity index (χ1n) is 11.8. The number of aryl methyl sites for hydroxylation is 1. The maximum Gasteiger partial charge on any atom is 0.350 e. The Morgan fingerprint density at radius 2 is 1.88 bits per heavy atom. The summed E-state index contributed by atoms with van der Waals surface area (Å²) in [6.07, 6.45) is 3.64. The molecular weight excluding hydrogens is 452 g/mol. The number of nitrogens with zero attached hydrogens (tertiary/aromatic N) is 4. The Bertz CT molecular complexity index is 1030. The molecule has 34 heavy (non-hydrogen) atoms. The number of thiazole rings is 1. The van der Waals surface area contributed by atoms with Gasteiger partial charge in [0.05, 0.1) is 24.6 Å². The standard InChI is InChI=1S/C25H32N4O4S/c1-4-6-10-16-28(25-26-18(3)23(34-25)24(32)33-5-2)21(30)13-14-22(31)29-17-15-20(27-29)19-11-8-7-9-12-19/h7-9,11-12H,4-6,10,13-17H2,1-3H3. The van der Waals surface area contributed by atoms with Crippen molar-refractivity contribution in [3.05, 3.63) is 46.5 Å². The third-order valence-corrected chi connectivity index (χ3v) is 6.67. The van der Waals surface area contributed by atoms with Crippen molar-refractivity contribution in [3.63, 3.8) is 0 Å². The number of hydrazone groups is 1. The van der Waals surface area contributed by atoms with Crippen LogP contribution in [0.4, 0.5) is 5.13 Å². The molecular formula is C25H32N4O4S. The molecule has 2 aromatic rings. The molecule has 3 rings (SSSR count). The minimum atomic E-state index is -0.430. The summed E-state index contributed by atoms with van der Waals surface area (Å²) in [7, 11) is 0. The number of amides is 2. The second-order valence-electron chi connectivity index (χ2n) is 8.06. The van der Waals surface area contributed by atoms with Crippen molar-refractivity contribution in [1.29, 1.82) is 0 Å². The van der Waals surface area contributed by atoms with E-state index in [2.05, 4.69) is 17.0 Å². The maximum atomic E-state index is 13.1. The lowest BCUT2D eigenvalue weighted by Gasteiger charge is -2.20. The number of carbonyl (C=O) groups excluding carboxylic acids is 3. The first kappa shape index (κ1) is 25.6. The molecule has 0 saturated heterocycles. The summed E-state index contributed by atoms with van der Waals surface area (Å²) in [6.45, 7) is 6.87. The molecule has 2 amide bonds. The zero-order chi connectivity index (χ0) is 24.5. The number of hydrogen-bond donors (Lipinski definition) is 0. The van der Waals surface area contributed by atoms with Crippen LogP contribution in [0.2, 0.25) is 0 Å². The number of unbranched alkanes of at least 4 members (excludes halogenated alkanes) is 2. The van der Waals surface area contributed by atoms with E-state index < -0.39 is 5.97 Å². The van der Waals surface area contributed by atoms with Gasteiger partial charge in [-0.2, -0.15) is 5.10 Å². The highest BCUT2D eigenvalue weighted by Crippen LogP contribution is 2.28. The van der Waals surface area contributed by atoms with E-state index in [1.165, 1.54) is 5.01 Å². The fourth-order valence-corrected chi connectivity index (χ4v) is 4.68. The highest BCUT2D eigenvalue weighted by atomic mass is 32.1. The normalized spacial score (nSPS) is 13.0. The number of rotatable bonds is 11. The molecule has 0 radical (unpaired) electrons. The number of ether oxygens (including phenoxy) is 1. The molecule has 8 nitrogen and oxygen atoms in total. The van der Waals surface area contributed by atoms with Crippen LogP contribution >= 0.6 is 11.3 Å². The fraction of sp³-hybridized carbons (Fsp3) is 0.480. The number of aromatic nitrogens is 1. The van der Waals surface area contributed by atoms with Gasteiger partial charge in [-0.1, -0.05) is 61.4 Å². The molecule has 182 valence electrons. The van der Waals surface area contributed by atoms with E-state index in [1.54, 1.807) is 18.7 Å². The highest BCUT2D eigenvalue weighted by molar-refractivity contribution is 7.17. The predicted octanol–water partition coefficient (Wildman–Crippen LogP) is 4.57. The van der Waals surface area contributed by atoms with E-state index in [-0.39, 0.29) is 31.3 Å². The van der Waals surface area contributed by atoms with Crippen LogP contribution in [0.25, 0.3) is 0 Å². The van der Waals surface area contributed by atoms with E-state index in [0.717, 1.165) is 41.9 Å². The number of hydrogen-bond acceptors (Lipinski definition) is 7. The molecule has 0 bridgehead atoms. The summed E-state index contributed by atoms with van der Waals surface area (Å²) in [5, 5.41) is 6.40. The number of esters is 1. The molecule has 0 saturated carbocycles. The van der Waals surface area contributed by atoms with Crippen LogP contribution in [0, 0.1) is 6.92 Å². The van der Waals surface area contributed by atoms with Crippen LogP contribution < -0.4 is 4.90 Å². The van der Waals surface area contributed by atoms with E-state index >= 15 is 0 Å². The maximum absolute atomic E-state index is 13.1. The van der Waals surface area contributed by atoms with Crippen LogP contribution in [0.15, 0.2) is 35.4 Å². The lowest BCUT2D eigenvalue weighted by Crippen LogP contribution is -2.33. The quantitative estimate of drug-likeness (QED) is 0.344. The number of anilines is 1. The third kappa shape index (κ3) is 6.50. The molecule has 2 heterocycles. The number of carbonyl (C=O) groups is 3. The molecule has 0 spiro atoms. The van der Waals surface area contributed by atoms with Crippen LogP contribution in [0.1, 0.15) is 73.3 Å². The minimum Gasteiger partial charge on any atom is -0.462 e. The smallest absolute Gasteiger partial charge is 0.350 e. The molecule has 0 fully saturated rings. The largest absolute Gasteiger partial charge is 0.462 e. The molecule has 0 aliphatic carbocycles. The monoisotopic (exact) mass is 484 g/mol. The van der Waals surface area contributed by atoms with Gasteiger partial charge in [0.25, 0.3) is 0 Å². The van der Waals surface area contributed by atoms with E-state index in [9.17, 15) is 14.4 Å². The first-order chi connectivity index (χ1) is 16.4. The average molecular weight is 485 g/mol. The zero-order valence-corrected chi connectivity index (χ0v) is 20.9. The van der Waals surface area contributed by atoms with E-state index in [4.69, 9.17) is 4.74 Å². The van der Waals surface area contributed by atoms with Crippen LogP contribution in [0.5, 0.6) is 0 Å². The van der Waals surface area contributed by atoms with Crippen molar-refractivity contribution in [3.8, 4) is 0 Å². The van der Waals surface area contributed by atoms with Gasteiger partial charge in [-0.05, 0) is 25.8 Å². The molecule has 0 atom stereocenters. The van der Waals surface area contributed by atoms with Crippen molar-refractivity contribution < 1.29 is 19.1 Å². The molecule has 0 unspecified atom stereocenters. The Labute approximate surface area is 204 Å². The minimum absolute atomic E-state index is 0.0605. The predicted molar refractivity (Wildman–Crippen MR) is 133 cm³/mol. The molecule has 9 heteroatoms. The Morgan fingerprint density at radius 3 is 2.59 bits per heavy atom. The summed E-state index contributed by atoms with van der Waals surface area (Å²) in [4.78, 5) is 44.5. The van der Waals surface area contributed by atoms with Gasteiger partial charge in [-0.15, -0.1) is 0 Å². The topological polar surface area (TPSA) is 92.2 Å². The van der Waals surface area contributed by atoms with E-state index in [1.807, 2.05) is 30.3 Å². The average Bonchev–Trinajstić information content (AvgIpc) is 3.48. The van der Waals surface area contributed by atoms with Gasteiger partial charge >= 0.3 is 5.97 Å². The van der Waals surface area contributed by atoms with Crippen molar-refractivity contribution in [2.24, 2.45) is 5.10 Å². The molecule has 0 N–H and O–H groups in total. The first-order valence-corrected chi connectivity index (χ1v) is 12.6. The van der Waals surface area contributed by atoms with Gasteiger partial charge in [0.1, 0.15) is 4.88 Å². The van der Waals surface area contributed by atoms with Gasteiger partial charge in [-0.25, -0.2) is 14.8 Å². The van der Waals surface area contributed by atoms with Crippen LogP contribution in [0.3, 0.4) is 0 Å². The Morgan fingerprint density at radius 1 is 1.12 bits per heavy atom. The van der Waals surface area contributed by atoms with Gasteiger partial charge in [-0.3, -0.25) is 14.5 Å². The van der Waals surface area contributed by atoms with Crippen molar-refractivity contribution >= 4 is 40.0 Å². The van der Waals surface area contributed by atoms with Crippen LogP contribution in [-0.4, -0.2) is 53.2 Å².